The molecule has 0 aromatic carbocycles. The van der Waals surface area contributed by atoms with Crippen molar-refractivity contribution in [1.82, 2.24) is 0 Å². The molecule has 0 aromatic heterocycles. The van der Waals surface area contributed by atoms with Crippen molar-refractivity contribution in [1.29, 1.82) is 0 Å². The van der Waals surface area contributed by atoms with Crippen LogP contribution in [0, 0.1) is 0 Å². The van der Waals surface area contributed by atoms with E-state index in [0.29, 0.717) is 17.4 Å². The van der Waals surface area contributed by atoms with E-state index in [1.54, 1.807) is 0 Å². The molecule has 0 aliphatic carbocycles. The smallest absolute Gasteiger partial charge is 0.306 e. The molecule has 10 heteroatoms. The Morgan fingerprint density at radius 1 is 0.400 bits per heavy atom. The molecule has 0 N–H and O–H groups in total. The largest absolute Gasteiger partial charge is 0.756 e. The number of quaternary nitrogens is 1. The zero-order chi connectivity index (χ0) is 58.4. The molecule has 0 aliphatic heterocycles. The molecule has 470 valence electrons. The van der Waals surface area contributed by atoms with Gasteiger partial charge in [-0.05, 0) is 51.4 Å². The van der Waals surface area contributed by atoms with Crippen molar-refractivity contribution < 1.29 is 42.1 Å². The first kappa shape index (κ1) is 78.0. The summed E-state index contributed by atoms with van der Waals surface area (Å²) in [5.74, 6) is -0.819. The fourth-order valence-corrected chi connectivity index (χ4v) is 10.9. The van der Waals surface area contributed by atoms with Crippen molar-refractivity contribution in [2.75, 3.05) is 47.5 Å². The van der Waals surface area contributed by atoms with E-state index < -0.39 is 26.5 Å². The Balaban J connectivity index is 4.00. The molecule has 0 fully saturated rings. The third-order valence-electron chi connectivity index (χ3n) is 15.4. The molecule has 0 rings (SSSR count). The Bertz CT molecular complexity index is 1490. The van der Waals surface area contributed by atoms with Gasteiger partial charge in [0.15, 0.2) is 6.10 Å². The van der Waals surface area contributed by atoms with Gasteiger partial charge in [-0.3, -0.25) is 14.2 Å². The fraction of sp³-hybridized carbons (Fsp3) is 0.857. The summed E-state index contributed by atoms with van der Waals surface area (Å²) in [7, 11) is 1.18. The van der Waals surface area contributed by atoms with Gasteiger partial charge < -0.3 is 27.9 Å². The predicted octanol–water partition coefficient (Wildman–Crippen LogP) is 21.4. The summed E-state index contributed by atoms with van der Waals surface area (Å²) in [5, 5.41) is 0. The van der Waals surface area contributed by atoms with Crippen LogP contribution < -0.4 is 4.89 Å². The molecule has 2 unspecified atom stereocenters. The van der Waals surface area contributed by atoms with E-state index in [9.17, 15) is 19.0 Å². The maximum absolute atomic E-state index is 12.8. The second kappa shape index (κ2) is 61.5. The fourth-order valence-electron chi connectivity index (χ4n) is 10.1. The van der Waals surface area contributed by atoms with Gasteiger partial charge in [0.1, 0.15) is 19.8 Å². The van der Waals surface area contributed by atoms with E-state index in [-0.39, 0.29) is 32.0 Å². The molecule has 0 aliphatic rings. The number of carbonyl (C=O) groups is 2. The molecule has 0 saturated carbocycles. The van der Waals surface area contributed by atoms with Gasteiger partial charge in [-0.1, -0.05) is 319 Å². The van der Waals surface area contributed by atoms with Crippen molar-refractivity contribution in [2.45, 2.75) is 341 Å². The summed E-state index contributed by atoms with van der Waals surface area (Å²) in [5.41, 5.74) is 0. The number of esters is 2. The van der Waals surface area contributed by atoms with E-state index in [1.165, 1.54) is 238 Å². The number of carbonyl (C=O) groups excluding carboxylic acids is 2. The first-order valence-corrected chi connectivity index (χ1v) is 35.8. The minimum Gasteiger partial charge on any atom is -0.756 e. The predicted molar refractivity (Wildman–Crippen MR) is 342 cm³/mol. The number of phosphoric acid groups is 1. The first-order chi connectivity index (χ1) is 39.0. The van der Waals surface area contributed by atoms with Crippen LogP contribution in [-0.2, 0) is 32.7 Å². The van der Waals surface area contributed by atoms with Crippen molar-refractivity contribution in [2.24, 2.45) is 0 Å². The number of ether oxygens (including phenoxy) is 2. The van der Waals surface area contributed by atoms with E-state index >= 15 is 0 Å². The number of allylic oxidation sites excluding steroid dienone is 8. The molecular formula is C70H132NO8P. The summed E-state index contributed by atoms with van der Waals surface area (Å²) in [6, 6.07) is 0. The number of likely N-dealkylation sites (N-methyl/N-ethyl adjacent to an activating group) is 1. The zero-order valence-corrected chi connectivity index (χ0v) is 54.4. The van der Waals surface area contributed by atoms with Crippen LogP contribution in [0.3, 0.4) is 0 Å². The highest BCUT2D eigenvalue weighted by Gasteiger charge is 2.22. The van der Waals surface area contributed by atoms with Crippen LogP contribution in [-0.4, -0.2) is 70.0 Å². The van der Waals surface area contributed by atoms with Crippen LogP contribution in [0.2, 0.25) is 0 Å². The van der Waals surface area contributed by atoms with Crippen molar-refractivity contribution in [3.63, 3.8) is 0 Å². The molecule has 0 bridgehead atoms. The molecule has 9 nitrogen and oxygen atoms in total. The highest BCUT2D eigenvalue weighted by atomic mass is 31.2. The Morgan fingerprint density at radius 2 is 0.713 bits per heavy atom. The summed E-state index contributed by atoms with van der Waals surface area (Å²) in [6.45, 7) is 4.19. The van der Waals surface area contributed by atoms with Crippen LogP contribution in [0.1, 0.15) is 335 Å². The molecule has 80 heavy (non-hydrogen) atoms. The third kappa shape index (κ3) is 65.1. The summed E-state index contributed by atoms with van der Waals surface area (Å²) in [6.07, 6.45) is 79.1. The number of hydrogen-bond donors (Lipinski definition) is 0. The van der Waals surface area contributed by atoms with Crippen LogP contribution in [0.25, 0.3) is 0 Å². The highest BCUT2D eigenvalue weighted by molar-refractivity contribution is 7.45. The van der Waals surface area contributed by atoms with E-state index in [0.717, 1.165) is 64.2 Å². The minimum absolute atomic E-state index is 0.0301. The second-order valence-corrected chi connectivity index (χ2v) is 25.9. The van der Waals surface area contributed by atoms with Crippen LogP contribution in [0.15, 0.2) is 48.6 Å². The summed E-state index contributed by atoms with van der Waals surface area (Å²) < 4.78 is 34.3. The van der Waals surface area contributed by atoms with Crippen LogP contribution in [0.4, 0.5) is 0 Å². The quantitative estimate of drug-likeness (QED) is 0.0195. The Morgan fingerprint density at radius 3 is 1.06 bits per heavy atom. The SMILES string of the molecule is CC/C=C\C/C=C\C/C=C\C/C=C\CCCCCCCCCCCCCCC(=O)OC(COC(=O)CCCCCCCCCCCCCCCCCCCCCCCCCCCCCCCCC)COP(=O)([O-])OCC[N+](C)(C)C. The van der Waals surface area contributed by atoms with Crippen LogP contribution in [0.5, 0.6) is 0 Å². The van der Waals surface area contributed by atoms with Crippen molar-refractivity contribution in [3.05, 3.63) is 48.6 Å². The lowest BCUT2D eigenvalue weighted by Crippen LogP contribution is -2.37. The number of unbranched alkanes of at least 4 members (excludes halogenated alkanes) is 42. The van der Waals surface area contributed by atoms with Gasteiger partial charge >= 0.3 is 11.9 Å². The Kier molecular flexibility index (Phi) is 60.0. The second-order valence-electron chi connectivity index (χ2n) is 24.5. The normalized spacial score (nSPS) is 13.4. The summed E-state index contributed by atoms with van der Waals surface area (Å²) in [4.78, 5) is 38.0. The van der Waals surface area contributed by atoms with Gasteiger partial charge in [-0.15, -0.1) is 0 Å². The molecule has 0 aromatic rings. The van der Waals surface area contributed by atoms with Gasteiger partial charge in [0.05, 0.1) is 27.7 Å². The maximum Gasteiger partial charge on any atom is 0.306 e. The number of rotatable bonds is 64. The van der Waals surface area contributed by atoms with Gasteiger partial charge in [-0.2, -0.15) is 0 Å². The average molecular weight is 1150 g/mol. The van der Waals surface area contributed by atoms with Crippen LogP contribution >= 0.6 is 7.82 Å². The third-order valence-corrected chi connectivity index (χ3v) is 16.3. The van der Waals surface area contributed by atoms with E-state index in [2.05, 4.69) is 62.5 Å². The number of nitrogens with zero attached hydrogens (tertiary/aromatic N) is 1. The number of hydrogen-bond acceptors (Lipinski definition) is 8. The Labute approximate surface area is 496 Å². The van der Waals surface area contributed by atoms with Crippen molar-refractivity contribution in [3.8, 4) is 0 Å². The topological polar surface area (TPSA) is 111 Å². The number of phosphoric ester groups is 1. The van der Waals surface area contributed by atoms with Gasteiger partial charge in [0, 0.05) is 12.8 Å². The summed E-state index contributed by atoms with van der Waals surface area (Å²) >= 11 is 0. The van der Waals surface area contributed by atoms with Gasteiger partial charge in [-0.25, -0.2) is 0 Å². The molecule has 0 radical (unpaired) electrons. The Hall–Kier alpha value is -2.03. The standard InChI is InChI=1S/C70H132NO8P/c1-6-8-10-12-14-16-18-20-22-24-26-28-30-32-33-34-35-36-37-39-40-42-44-46-48-50-52-54-56-58-60-62-69(72)76-66-68(67-78-80(74,75)77-65-64-71(3,4)5)79-70(73)63-61-59-57-55-53-51-49-47-45-43-41-38-31-29-27-25-23-21-19-17-15-13-11-9-7-2/h9,11,15,17,21,23,27,29,68H,6-8,10,12-14,16,18-20,22,24-26,28,30-67H2,1-5H3/b11-9-,17-15-,23-21-,29-27-. The molecule has 0 spiro atoms. The molecule has 0 saturated heterocycles. The lowest BCUT2D eigenvalue weighted by molar-refractivity contribution is -0.870. The van der Waals surface area contributed by atoms with E-state index in [1.807, 2.05) is 21.1 Å². The minimum atomic E-state index is -4.64. The molecule has 0 amide bonds. The lowest BCUT2D eigenvalue weighted by Gasteiger charge is -2.28. The van der Waals surface area contributed by atoms with Gasteiger partial charge in [0.2, 0.25) is 0 Å². The maximum atomic E-state index is 12.8. The van der Waals surface area contributed by atoms with Crippen molar-refractivity contribution >= 4 is 19.8 Å². The van der Waals surface area contributed by atoms with Gasteiger partial charge in [0.25, 0.3) is 7.82 Å². The zero-order valence-electron chi connectivity index (χ0n) is 53.5. The molecule has 0 heterocycles. The monoisotopic (exact) mass is 1150 g/mol. The highest BCUT2D eigenvalue weighted by Crippen LogP contribution is 2.38. The lowest BCUT2D eigenvalue weighted by atomic mass is 10.0. The molecular weight excluding hydrogens is 1010 g/mol. The van der Waals surface area contributed by atoms with E-state index in [4.69, 9.17) is 18.5 Å². The molecule has 2 atom stereocenters. The first-order valence-electron chi connectivity index (χ1n) is 34.3. The average Bonchev–Trinajstić information content (AvgIpc) is 3.42.